The van der Waals surface area contributed by atoms with Crippen molar-refractivity contribution in [3.63, 3.8) is 0 Å². The number of allylic oxidation sites excluding steroid dienone is 2. The predicted molar refractivity (Wildman–Crippen MR) is 142 cm³/mol. The van der Waals surface area contributed by atoms with Crippen LogP contribution in [0.2, 0.25) is 13.1 Å². The third-order valence-corrected chi connectivity index (χ3v) is 60.0. The summed E-state index contributed by atoms with van der Waals surface area (Å²) < 4.78 is 0.340. The van der Waals surface area contributed by atoms with Gasteiger partial charge in [-0.25, -0.2) is 0 Å². The topological polar surface area (TPSA) is 0 Å². The fraction of sp³-hybridized carbons (Fsp3) is 0.214. The van der Waals surface area contributed by atoms with Crippen LogP contribution in [0, 0.1) is 0 Å². The molecule has 0 nitrogen and oxygen atoms in total. The van der Waals surface area contributed by atoms with Gasteiger partial charge in [0.05, 0.1) is 0 Å². The van der Waals surface area contributed by atoms with Crippen LogP contribution in [0.1, 0.15) is 43.4 Å². The van der Waals surface area contributed by atoms with Gasteiger partial charge < -0.3 is 0 Å². The molecule has 0 aromatic heterocycles. The molecular formula is C28H29Cl2SiZr. The first-order valence-electron chi connectivity index (χ1n) is 11.4. The molecule has 0 amide bonds. The normalized spacial score (nSPS) is 20.9. The summed E-state index contributed by atoms with van der Waals surface area (Å²) in [6, 6.07) is 26.1. The molecule has 0 spiro atoms. The van der Waals surface area contributed by atoms with Crippen molar-refractivity contribution in [3.8, 4) is 11.1 Å². The van der Waals surface area contributed by atoms with Crippen molar-refractivity contribution in [1.82, 2.24) is 0 Å². The molecule has 0 fully saturated rings. The Kier molecular flexibility index (Phi) is 5.62. The van der Waals surface area contributed by atoms with E-state index in [0.29, 0.717) is 0 Å². The number of rotatable bonds is 4. The van der Waals surface area contributed by atoms with Crippen molar-refractivity contribution >= 4 is 35.1 Å². The summed E-state index contributed by atoms with van der Waals surface area (Å²) in [7, 11) is 16.3. The summed E-state index contributed by atoms with van der Waals surface area (Å²) >= 11 is -4.46. The van der Waals surface area contributed by atoms with Gasteiger partial charge in [-0.1, -0.05) is 0 Å². The fourth-order valence-electron chi connectivity index (χ4n) is 6.20. The van der Waals surface area contributed by atoms with Gasteiger partial charge in [-0.2, -0.15) is 0 Å². The average molecular weight is 556 g/mol. The second-order valence-corrected chi connectivity index (χ2v) is 52.3. The van der Waals surface area contributed by atoms with Crippen molar-refractivity contribution in [2.24, 2.45) is 0 Å². The zero-order valence-electron chi connectivity index (χ0n) is 19.1. The standard InChI is InChI=1S/C16H13.C10H9.C2H7Si.2ClH.Zr/c1-12-10-14-8-5-9-15(16(14)11-12)13-6-3-2-4-7-13;1-8-6-9-4-2-3-5-10(9)7-8;1-3-2;;;/h2-11H,1H3;2-7H,1H3;3H,1-2H3;2*1H;/q;;;;;+2/p-2. The minimum absolute atomic E-state index is 0.157. The summed E-state index contributed by atoms with van der Waals surface area (Å²) in [6.07, 6.45) is 4.70. The number of halogens is 2. The van der Waals surface area contributed by atoms with Gasteiger partial charge in [0.25, 0.3) is 0 Å². The maximum atomic E-state index is 8.14. The zero-order valence-corrected chi connectivity index (χ0v) is 24.2. The monoisotopic (exact) mass is 553 g/mol. The van der Waals surface area contributed by atoms with Gasteiger partial charge in [-0.15, -0.1) is 0 Å². The molecule has 3 aromatic carbocycles. The molecule has 163 valence electrons. The summed E-state index contributed by atoms with van der Waals surface area (Å²) in [4.78, 5) is 0. The van der Waals surface area contributed by atoms with Crippen LogP contribution < -0.4 is 0 Å². The maximum absolute atomic E-state index is 8.14. The molecule has 32 heavy (non-hydrogen) atoms. The Hall–Kier alpha value is -1.18. The number of hydrogen-bond acceptors (Lipinski definition) is 0. The third-order valence-electron chi connectivity index (χ3n) is 7.71. The Bertz CT molecular complexity index is 1270. The molecule has 2 unspecified atom stereocenters. The molecular weight excluding hydrogens is 527 g/mol. The Balaban J connectivity index is 1.75. The van der Waals surface area contributed by atoms with Crippen LogP contribution in [0.5, 0.6) is 0 Å². The molecule has 0 aliphatic heterocycles. The van der Waals surface area contributed by atoms with E-state index in [4.69, 9.17) is 17.0 Å². The summed E-state index contributed by atoms with van der Waals surface area (Å²) in [6.45, 7) is 9.29. The Morgan fingerprint density at radius 2 is 1.28 bits per heavy atom. The average Bonchev–Trinajstić information content (AvgIpc) is 3.30. The van der Waals surface area contributed by atoms with E-state index in [0.717, 1.165) is 0 Å². The molecule has 2 aliphatic rings. The SMILES string of the molecule is CC1=Cc2ccccc2[CH]1[Zr]([Cl])([Cl])([CH]1C(C)=Cc2c(-c3ccccc3)cccc21)[SiH](C)C. The van der Waals surface area contributed by atoms with Crippen LogP contribution in [0.25, 0.3) is 23.3 Å². The van der Waals surface area contributed by atoms with E-state index in [1.54, 1.807) is 0 Å². The van der Waals surface area contributed by atoms with E-state index < -0.39 is 21.5 Å². The van der Waals surface area contributed by atoms with Gasteiger partial charge in [-0.05, 0) is 0 Å². The molecule has 0 N–H and O–H groups in total. The van der Waals surface area contributed by atoms with Crippen LogP contribution in [0.4, 0.5) is 0 Å². The minimum atomic E-state index is -4.46. The molecule has 0 heterocycles. The van der Waals surface area contributed by atoms with E-state index in [2.05, 4.69) is 112 Å². The van der Waals surface area contributed by atoms with Crippen molar-refractivity contribution in [3.05, 3.63) is 106 Å². The molecule has 5 rings (SSSR count). The van der Waals surface area contributed by atoms with Crippen molar-refractivity contribution in [2.75, 3.05) is 0 Å². The van der Waals surface area contributed by atoms with Gasteiger partial charge in [-0.3, -0.25) is 0 Å². The van der Waals surface area contributed by atoms with E-state index >= 15 is 0 Å². The number of hydrogen-bond donors (Lipinski definition) is 0. The number of benzene rings is 3. The van der Waals surface area contributed by atoms with Gasteiger partial charge in [0, 0.05) is 0 Å². The Morgan fingerprint density at radius 3 is 2.00 bits per heavy atom. The second-order valence-electron chi connectivity index (χ2n) is 9.83. The van der Waals surface area contributed by atoms with Crippen molar-refractivity contribution in [1.29, 1.82) is 0 Å². The molecule has 0 radical (unpaired) electrons. The summed E-state index contributed by atoms with van der Waals surface area (Å²) in [5.41, 5.74) is 10.5. The van der Waals surface area contributed by atoms with E-state index in [1.165, 1.54) is 44.5 Å². The molecule has 0 saturated carbocycles. The van der Waals surface area contributed by atoms with Crippen LogP contribution in [0.15, 0.2) is 83.9 Å². The van der Waals surface area contributed by atoms with Crippen LogP contribution in [-0.4, -0.2) is 5.92 Å². The molecule has 4 heteroatoms. The van der Waals surface area contributed by atoms with Crippen molar-refractivity contribution < 1.29 is 15.6 Å². The molecule has 3 aromatic rings. The van der Waals surface area contributed by atoms with Gasteiger partial charge in [0.2, 0.25) is 0 Å². The first kappa shape index (κ1) is 22.6. The summed E-state index contributed by atoms with van der Waals surface area (Å²) in [5, 5.41) is 0. The molecule has 0 saturated heterocycles. The van der Waals surface area contributed by atoms with E-state index in [9.17, 15) is 0 Å². The first-order valence-corrected chi connectivity index (χ1v) is 27.8. The Morgan fingerprint density at radius 1 is 0.688 bits per heavy atom. The molecule has 0 bridgehead atoms. The van der Waals surface area contributed by atoms with Gasteiger partial charge in [0.1, 0.15) is 0 Å². The third kappa shape index (κ3) is 3.17. The Labute approximate surface area is 200 Å². The van der Waals surface area contributed by atoms with Gasteiger partial charge in [0.15, 0.2) is 0 Å². The molecule has 2 aliphatic carbocycles. The second kappa shape index (κ2) is 7.95. The summed E-state index contributed by atoms with van der Waals surface area (Å²) in [5.74, 6) is -1.45. The van der Waals surface area contributed by atoms with E-state index in [1.807, 2.05) is 0 Å². The van der Waals surface area contributed by atoms with Crippen LogP contribution >= 0.6 is 17.0 Å². The van der Waals surface area contributed by atoms with E-state index in [-0.39, 0.29) is 7.25 Å². The predicted octanol–water partition coefficient (Wildman–Crippen LogP) is 8.95. The zero-order chi connectivity index (χ0) is 22.7. The van der Waals surface area contributed by atoms with Gasteiger partial charge >= 0.3 is 202 Å². The van der Waals surface area contributed by atoms with Crippen LogP contribution in [-0.2, 0) is 15.6 Å². The fourth-order valence-corrected chi connectivity index (χ4v) is 39.1. The number of fused-ring (bicyclic) bond motifs is 2. The first-order chi connectivity index (χ1) is 15.2. The molecule has 2 atom stereocenters. The van der Waals surface area contributed by atoms with Crippen LogP contribution in [0.3, 0.4) is 0 Å². The quantitative estimate of drug-likeness (QED) is 0.282. The van der Waals surface area contributed by atoms with Crippen molar-refractivity contribution in [2.45, 2.75) is 34.2 Å².